The normalized spacial score (nSPS) is 15.8. The Bertz CT molecular complexity index is 636. The first kappa shape index (κ1) is 13.2. The van der Waals surface area contributed by atoms with Crippen LogP contribution >= 0.6 is 15.9 Å². The van der Waals surface area contributed by atoms with E-state index in [1.165, 1.54) is 0 Å². The van der Waals surface area contributed by atoms with Gasteiger partial charge in [0.15, 0.2) is 0 Å². The minimum absolute atomic E-state index is 0.410. The summed E-state index contributed by atoms with van der Waals surface area (Å²) in [7, 11) is 0. The Kier molecular flexibility index (Phi) is 3.48. The first-order valence-electron chi connectivity index (χ1n) is 6.48. The number of carbonyl (C=O) groups excluding carboxylic acids is 1. The van der Waals surface area contributed by atoms with Crippen LogP contribution in [0.15, 0.2) is 41.3 Å². The molecular weight excluding hydrogens is 320 g/mol. The maximum Gasteiger partial charge on any atom is 0.246 e. The molecule has 20 heavy (non-hydrogen) atoms. The van der Waals surface area contributed by atoms with Crippen LogP contribution in [0.5, 0.6) is 0 Å². The highest BCUT2D eigenvalue weighted by Gasteiger charge is 2.30. The van der Waals surface area contributed by atoms with E-state index in [2.05, 4.69) is 26.2 Å². The summed E-state index contributed by atoms with van der Waals surface area (Å²) >= 11 is 3.41. The number of carbonyl (C=O) groups is 1. The van der Waals surface area contributed by atoms with Gasteiger partial charge in [0.25, 0.3) is 0 Å². The lowest BCUT2D eigenvalue weighted by Gasteiger charge is -2.18. The molecular formula is C14H15BrN4O. The van der Waals surface area contributed by atoms with Crippen LogP contribution in [0.4, 0.5) is 5.69 Å². The van der Waals surface area contributed by atoms with Gasteiger partial charge in [-0.2, -0.15) is 0 Å². The molecule has 1 fully saturated rings. The lowest BCUT2D eigenvalue weighted by molar-refractivity contribution is -0.119. The Labute approximate surface area is 125 Å². The fourth-order valence-corrected chi connectivity index (χ4v) is 2.63. The molecule has 0 aliphatic heterocycles. The lowest BCUT2D eigenvalue weighted by atomic mass is 10.2. The molecule has 1 aromatic heterocycles. The van der Waals surface area contributed by atoms with Crippen molar-refractivity contribution in [2.45, 2.75) is 24.9 Å². The molecule has 1 unspecified atom stereocenters. The molecule has 0 bridgehead atoms. The molecule has 1 aromatic carbocycles. The molecule has 0 radical (unpaired) electrons. The second-order valence-corrected chi connectivity index (χ2v) is 5.86. The molecule has 1 amide bonds. The fourth-order valence-electron chi connectivity index (χ4n) is 2.23. The van der Waals surface area contributed by atoms with Crippen LogP contribution in [0.1, 0.15) is 30.6 Å². The zero-order chi connectivity index (χ0) is 14.1. The van der Waals surface area contributed by atoms with E-state index >= 15 is 0 Å². The van der Waals surface area contributed by atoms with Crippen molar-refractivity contribution in [1.29, 1.82) is 0 Å². The first-order chi connectivity index (χ1) is 9.65. The van der Waals surface area contributed by atoms with Gasteiger partial charge in [-0.05, 0) is 31.0 Å². The topological polar surface area (TPSA) is 72.9 Å². The zero-order valence-electron chi connectivity index (χ0n) is 10.8. The molecule has 2 aromatic rings. The lowest BCUT2D eigenvalue weighted by Crippen LogP contribution is -2.29. The van der Waals surface area contributed by atoms with E-state index in [0.29, 0.717) is 6.04 Å². The highest BCUT2D eigenvalue weighted by Crippen LogP contribution is 2.37. The van der Waals surface area contributed by atoms with Crippen LogP contribution in [0.25, 0.3) is 0 Å². The molecule has 0 saturated heterocycles. The van der Waals surface area contributed by atoms with E-state index in [4.69, 9.17) is 5.73 Å². The first-order valence-corrected chi connectivity index (χ1v) is 7.27. The van der Waals surface area contributed by atoms with Crippen molar-refractivity contribution < 1.29 is 4.79 Å². The highest BCUT2D eigenvalue weighted by atomic mass is 79.9. The Balaban J connectivity index is 1.89. The molecule has 1 aliphatic carbocycles. The third-order valence-electron chi connectivity index (χ3n) is 3.35. The van der Waals surface area contributed by atoms with Crippen molar-refractivity contribution in [3.8, 4) is 0 Å². The smallest absolute Gasteiger partial charge is 0.246 e. The van der Waals surface area contributed by atoms with Gasteiger partial charge < -0.3 is 15.6 Å². The van der Waals surface area contributed by atoms with Gasteiger partial charge >= 0.3 is 0 Å². The van der Waals surface area contributed by atoms with E-state index in [1.807, 2.05) is 28.8 Å². The Morgan fingerprint density at radius 3 is 2.95 bits per heavy atom. The van der Waals surface area contributed by atoms with E-state index in [9.17, 15) is 4.79 Å². The van der Waals surface area contributed by atoms with Crippen molar-refractivity contribution in [3.05, 3.63) is 47.0 Å². The Hall–Kier alpha value is -1.82. The number of anilines is 1. The van der Waals surface area contributed by atoms with Gasteiger partial charge in [-0.3, -0.25) is 4.79 Å². The Morgan fingerprint density at radius 2 is 2.30 bits per heavy atom. The minimum atomic E-state index is -0.576. The van der Waals surface area contributed by atoms with Crippen molar-refractivity contribution >= 4 is 27.5 Å². The summed E-state index contributed by atoms with van der Waals surface area (Å²) in [5.41, 5.74) is 7.21. The summed E-state index contributed by atoms with van der Waals surface area (Å²) in [6.45, 7) is 0. The van der Waals surface area contributed by atoms with Gasteiger partial charge in [0, 0.05) is 16.2 Å². The van der Waals surface area contributed by atoms with Crippen molar-refractivity contribution in [1.82, 2.24) is 9.55 Å². The predicted octanol–water partition coefficient (Wildman–Crippen LogP) is 2.62. The number of rotatable bonds is 5. The fraction of sp³-hybridized carbons (Fsp3) is 0.286. The number of nitrogens with two attached hydrogens (primary N) is 1. The summed E-state index contributed by atoms with van der Waals surface area (Å²) in [5, 5.41) is 3.18. The Morgan fingerprint density at radius 1 is 1.50 bits per heavy atom. The standard InChI is InChI=1S/C14H15BrN4O/c15-9-2-1-3-10(6-9)18-13(14(16)20)12-7-17-8-19(12)11-4-5-11/h1-3,6-8,11,13,18H,4-5H2,(H2,16,20). The molecule has 1 heterocycles. The summed E-state index contributed by atoms with van der Waals surface area (Å²) in [5.74, 6) is -0.410. The quantitative estimate of drug-likeness (QED) is 0.882. The summed E-state index contributed by atoms with van der Waals surface area (Å²) in [6, 6.07) is 7.53. The van der Waals surface area contributed by atoms with Crippen LogP contribution in [0.3, 0.4) is 0 Å². The monoisotopic (exact) mass is 334 g/mol. The van der Waals surface area contributed by atoms with Crippen molar-refractivity contribution in [3.63, 3.8) is 0 Å². The molecule has 5 nitrogen and oxygen atoms in total. The second kappa shape index (κ2) is 5.28. The number of nitrogens with one attached hydrogen (secondary N) is 1. The van der Waals surface area contributed by atoms with Gasteiger partial charge in [-0.1, -0.05) is 22.0 Å². The van der Waals surface area contributed by atoms with Crippen molar-refractivity contribution in [2.24, 2.45) is 5.73 Å². The summed E-state index contributed by atoms with van der Waals surface area (Å²) in [4.78, 5) is 15.9. The number of nitrogens with zero attached hydrogens (tertiary/aromatic N) is 2. The number of halogens is 1. The zero-order valence-corrected chi connectivity index (χ0v) is 12.4. The average Bonchev–Trinajstić information content (AvgIpc) is 3.14. The third kappa shape index (κ3) is 2.70. The summed E-state index contributed by atoms with van der Waals surface area (Å²) < 4.78 is 2.99. The molecule has 1 atom stereocenters. The van der Waals surface area contributed by atoms with Gasteiger partial charge in [0.1, 0.15) is 6.04 Å². The van der Waals surface area contributed by atoms with Crippen molar-refractivity contribution in [2.75, 3.05) is 5.32 Å². The maximum absolute atomic E-state index is 11.8. The molecule has 104 valence electrons. The van der Waals surface area contributed by atoms with Crippen LogP contribution in [-0.4, -0.2) is 15.5 Å². The van der Waals surface area contributed by atoms with Gasteiger partial charge in [-0.25, -0.2) is 4.98 Å². The van der Waals surface area contributed by atoms with Crippen LogP contribution in [0.2, 0.25) is 0 Å². The van der Waals surface area contributed by atoms with E-state index < -0.39 is 11.9 Å². The van der Waals surface area contributed by atoms with Crippen LogP contribution < -0.4 is 11.1 Å². The molecule has 0 spiro atoms. The largest absolute Gasteiger partial charge is 0.369 e. The van der Waals surface area contributed by atoms with E-state index in [-0.39, 0.29) is 0 Å². The molecule has 3 rings (SSSR count). The van der Waals surface area contributed by atoms with Crippen LogP contribution in [-0.2, 0) is 4.79 Å². The number of primary amides is 1. The number of benzene rings is 1. The molecule has 1 aliphatic rings. The SMILES string of the molecule is NC(=O)C(Nc1cccc(Br)c1)c1cncn1C1CC1. The highest BCUT2D eigenvalue weighted by molar-refractivity contribution is 9.10. The average molecular weight is 335 g/mol. The number of hydrogen-bond donors (Lipinski definition) is 2. The summed E-state index contributed by atoms with van der Waals surface area (Å²) in [6.07, 6.45) is 5.74. The van der Waals surface area contributed by atoms with E-state index in [1.54, 1.807) is 12.5 Å². The number of aromatic nitrogens is 2. The minimum Gasteiger partial charge on any atom is -0.369 e. The van der Waals surface area contributed by atoms with E-state index in [0.717, 1.165) is 28.7 Å². The van der Waals surface area contributed by atoms with Gasteiger partial charge in [0.05, 0.1) is 18.2 Å². The number of amides is 1. The van der Waals surface area contributed by atoms with Gasteiger partial charge in [-0.15, -0.1) is 0 Å². The second-order valence-electron chi connectivity index (χ2n) is 4.95. The maximum atomic E-state index is 11.8. The molecule has 3 N–H and O–H groups in total. The number of imidazole rings is 1. The third-order valence-corrected chi connectivity index (χ3v) is 3.85. The molecule has 6 heteroatoms. The predicted molar refractivity (Wildman–Crippen MR) is 80.2 cm³/mol. The van der Waals surface area contributed by atoms with Crippen LogP contribution in [0, 0.1) is 0 Å². The van der Waals surface area contributed by atoms with Gasteiger partial charge in [0.2, 0.25) is 5.91 Å². The number of hydrogen-bond acceptors (Lipinski definition) is 3. The molecule has 1 saturated carbocycles.